The van der Waals surface area contributed by atoms with Gasteiger partial charge in [0.2, 0.25) is 0 Å². The van der Waals surface area contributed by atoms with Crippen LogP contribution < -0.4 is 11.1 Å². The maximum atomic E-state index is 13.1. The number of aromatic hydroxyl groups is 1. The molecule has 0 radical (unpaired) electrons. The van der Waals surface area contributed by atoms with Crippen molar-refractivity contribution in [1.82, 2.24) is 0 Å². The molecular formula is C20H16N2O4. The van der Waals surface area contributed by atoms with Gasteiger partial charge in [0.15, 0.2) is 11.6 Å². The van der Waals surface area contributed by atoms with Crippen molar-refractivity contribution in [1.29, 1.82) is 0 Å². The van der Waals surface area contributed by atoms with Gasteiger partial charge in [-0.2, -0.15) is 0 Å². The highest BCUT2D eigenvalue weighted by atomic mass is 16.3. The molecule has 2 aromatic carbocycles. The van der Waals surface area contributed by atoms with Crippen LogP contribution in [-0.2, 0) is 0 Å². The topological polar surface area (TPSA) is 113 Å². The van der Waals surface area contributed by atoms with Gasteiger partial charge in [-0.25, -0.2) is 0 Å². The van der Waals surface area contributed by atoms with Gasteiger partial charge in [0.1, 0.15) is 11.5 Å². The first kappa shape index (κ1) is 16.0. The highest BCUT2D eigenvalue weighted by Gasteiger charge is 2.48. The monoisotopic (exact) mass is 348 g/mol. The molecule has 0 aromatic heterocycles. The number of Topliss-reactive ketones (excluding diaryl/α,β-unsaturated/α-hetero) is 2. The van der Waals surface area contributed by atoms with E-state index in [0.29, 0.717) is 5.69 Å². The number of fused-ring (bicyclic) bond motifs is 2. The summed E-state index contributed by atoms with van der Waals surface area (Å²) >= 11 is 0. The van der Waals surface area contributed by atoms with Crippen molar-refractivity contribution < 1.29 is 19.8 Å². The van der Waals surface area contributed by atoms with Gasteiger partial charge in [-0.15, -0.1) is 0 Å². The average molecular weight is 348 g/mol. The van der Waals surface area contributed by atoms with Crippen molar-refractivity contribution in [2.45, 2.75) is 0 Å². The Morgan fingerprint density at radius 1 is 0.846 bits per heavy atom. The summed E-state index contributed by atoms with van der Waals surface area (Å²) in [6.45, 7) is 0. The van der Waals surface area contributed by atoms with Gasteiger partial charge in [0.05, 0.1) is 28.7 Å². The predicted molar refractivity (Wildman–Crippen MR) is 96.5 cm³/mol. The number of para-hydroxylation sites is 1. The van der Waals surface area contributed by atoms with Crippen LogP contribution >= 0.6 is 0 Å². The number of nitrogens with one attached hydrogen (secondary N) is 1. The molecule has 6 heteroatoms. The number of carbonyl (C=O) groups is 2. The van der Waals surface area contributed by atoms with E-state index in [1.165, 1.54) is 24.3 Å². The number of anilines is 2. The predicted octanol–water partition coefficient (Wildman–Crippen LogP) is 3.05. The molecule has 2 aromatic rings. The summed E-state index contributed by atoms with van der Waals surface area (Å²) in [4.78, 5) is 26.1. The third-order valence-electron chi connectivity index (χ3n) is 4.75. The summed E-state index contributed by atoms with van der Waals surface area (Å²) in [5, 5.41) is 23.5. The van der Waals surface area contributed by atoms with Crippen LogP contribution in [0.25, 0.3) is 0 Å². The summed E-state index contributed by atoms with van der Waals surface area (Å²) in [7, 11) is 0. The number of nitrogens with two attached hydrogens (primary N) is 1. The summed E-state index contributed by atoms with van der Waals surface area (Å²) in [5.74, 6) is -3.49. The molecule has 0 fully saturated rings. The second-order valence-electron chi connectivity index (χ2n) is 6.32. The maximum absolute atomic E-state index is 13.1. The first-order valence-electron chi connectivity index (χ1n) is 8.11. The Labute approximate surface area is 149 Å². The van der Waals surface area contributed by atoms with Crippen molar-refractivity contribution in [2.75, 3.05) is 5.32 Å². The molecule has 2 atom stereocenters. The third kappa shape index (κ3) is 2.27. The van der Waals surface area contributed by atoms with E-state index in [4.69, 9.17) is 5.73 Å². The van der Waals surface area contributed by atoms with E-state index >= 15 is 0 Å². The Morgan fingerprint density at radius 3 is 2.27 bits per heavy atom. The second kappa shape index (κ2) is 5.77. The number of aliphatic hydroxyl groups excluding tert-OH is 1. The zero-order valence-electron chi connectivity index (χ0n) is 13.6. The zero-order valence-corrected chi connectivity index (χ0v) is 13.6. The molecule has 0 amide bonds. The van der Waals surface area contributed by atoms with Crippen LogP contribution in [-0.4, -0.2) is 21.8 Å². The number of hydrogen-bond donors (Lipinski definition) is 4. The Kier molecular flexibility index (Phi) is 3.54. The van der Waals surface area contributed by atoms with Gasteiger partial charge in [0, 0.05) is 11.4 Å². The molecule has 26 heavy (non-hydrogen) atoms. The minimum absolute atomic E-state index is 0.0646. The Hall–Kier alpha value is -3.54. The van der Waals surface area contributed by atoms with Gasteiger partial charge >= 0.3 is 0 Å². The second-order valence-corrected chi connectivity index (χ2v) is 6.32. The van der Waals surface area contributed by atoms with Crippen molar-refractivity contribution in [3.8, 4) is 5.75 Å². The van der Waals surface area contributed by atoms with Crippen LogP contribution in [0.5, 0.6) is 5.75 Å². The Balaban J connectivity index is 1.90. The number of rotatable bonds is 2. The van der Waals surface area contributed by atoms with E-state index in [1.807, 2.05) is 30.3 Å². The summed E-state index contributed by atoms with van der Waals surface area (Å²) in [5.41, 5.74) is 7.22. The largest absolute Gasteiger partial charge is 0.512 e. The van der Waals surface area contributed by atoms with Gasteiger partial charge in [-0.05, 0) is 36.4 Å². The number of hydrogen-bond acceptors (Lipinski definition) is 6. The van der Waals surface area contributed by atoms with Crippen LogP contribution in [0, 0.1) is 11.8 Å². The number of phenolic OH excluding ortho intramolecular Hbond substituents is 1. The van der Waals surface area contributed by atoms with Crippen LogP contribution in [0.15, 0.2) is 66.1 Å². The lowest BCUT2D eigenvalue weighted by Gasteiger charge is -2.33. The Morgan fingerprint density at radius 2 is 1.54 bits per heavy atom. The highest BCUT2D eigenvalue weighted by Crippen LogP contribution is 2.44. The van der Waals surface area contributed by atoms with Crippen molar-refractivity contribution in [3.05, 3.63) is 77.2 Å². The van der Waals surface area contributed by atoms with Gasteiger partial charge < -0.3 is 21.3 Å². The van der Waals surface area contributed by atoms with E-state index in [9.17, 15) is 19.8 Å². The van der Waals surface area contributed by atoms with E-state index < -0.39 is 23.4 Å². The molecule has 2 aliphatic carbocycles. The zero-order chi connectivity index (χ0) is 18.4. The molecule has 130 valence electrons. The lowest BCUT2D eigenvalue weighted by atomic mass is 9.69. The first-order chi connectivity index (χ1) is 12.5. The molecular weight excluding hydrogens is 332 g/mol. The molecule has 0 spiro atoms. The van der Waals surface area contributed by atoms with Crippen LogP contribution in [0.2, 0.25) is 0 Å². The van der Waals surface area contributed by atoms with Gasteiger partial charge in [0.25, 0.3) is 0 Å². The number of benzene rings is 2. The van der Waals surface area contributed by atoms with Gasteiger partial charge in [-0.1, -0.05) is 18.2 Å². The molecule has 0 aliphatic heterocycles. The summed E-state index contributed by atoms with van der Waals surface area (Å²) in [6.07, 6.45) is 2.75. The van der Waals surface area contributed by atoms with Crippen molar-refractivity contribution >= 4 is 22.9 Å². The lowest BCUT2D eigenvalue weighted by molar-refractivity contribution is 0.0746. The van der Waals surface area contributed by atoms with Crippen LogP contribution in [0.1, 0.15) is 20.7 Å². The number of carbonyl (C=O) groups excluding carboxylic acids is 2. The minimum atomic E-state index is -1.07. The molecule has 5 N–H and O–H groups in total. The number of aliphatic hydroxyl groups is 1. The number of allylic oxidation sites excluding steroid dienone is 4. The fraction of sp³-hybridized carbons (Fsp3) is 0.100. The molecule has 0 bridgehead atoms. The van der Waals surface area contributed by atoms with Crippen LogP contribution in [0.4, 0.5) is 11.4 Å². The summed E-state index contributed by atoms with van der Waals surface area (Å²) < 4.78 is 0. The fourth-order valence-electron chi connectivity index (χ4n) is 3.53. The number of phenols is 1. The van der Waals surface area contributed by atoms with Crippen molar-refractivity contribution in [3.63, 3.8) is 0 Å². The molecule has 4 rings (SSSR count). The lowest BCUT2D eigenvalue weighted by Crippen LogP contribution is -2.42. The Bertz CT molecular complexity index is 992. The highest BCUT2D eigenvalue weighted by molar-refractivity contribution is 6.21. The molecule has 2 aliphatic rings. The normalized spacial score (nSPS) is 21.4. The molecule has 6 nitrogen and oxygen atoms in total. The van der Waals surface area contributed by atoms with Crippen molar-refractivity contribution in [2.24, 2.45) is 17.6 Å². The smallest absolute Gasteiger partial charge is 0.177 e. The van der Waals surface area contributed by atoms with E-state index in [1.54, 1.807) is 0 Å². The standard InChI is InChI=1S/C20H16N2O4/c21-11-6-8-13(23)17-15(11)19(25)18-14(24)9-7-12(16(18)20(17)26)22-10-4-2-1-3-5-10/h1-9,15,17,22-24H,21H2/t15-,17-/m0/s1. The third-order valence-corrected chi connectivity index (χ3v) is 4.75. The van der Waals surface area contributed by atoms with E-state index in [-0.39, 0.29) is 28.3 Å². The molecule has 0 heterocycles. The molecule has 0 saturated heterocycles. The fourth-order valence-corrected chi connectivity index (χ4v) is 3.53. The van der Waals surface area contributed by atoms with Crippen LogP contribution in [0.3, 0.4) is 0 Å². The van der Waals surface area contributed by atoms with E-state index in [2.05, 4.69) is 5.32 Å². The van der Waals surface area contributed by atoms with Gasteiger partial charge in [-0.3, -0.25) is 9.59 Å². The summed E-state index contributed by atoms with van der Waals surface area (Å²) in [6, 6.07) is 12.1. The number of ketones is 2. The molecule has 0 unspecified atom stereocenters. The first-order valence-corrected chi connectivity index (χ1v) is 8.11. The minimum Gasteiger partial charge on any atom is -0.512 e. The maximum Gasteiger partial charge on any atom is 0.177 e. The SMILES string of the molecule is NC1=CC=C(O)[C@@H]2C(=O)c3c(Nc4ccccc4)ccc(O)c3C(=O)[C@@H]12. The quantitative estimate of drug-likeness (QED) is 0.621. The molecule has 0 saturated carbocycles. The van der Waals surface area contributed by atoms with E-state index in [0.717, 1.165) is 5.69 Å². The average Bonchev–Trinajstić information content (AvgIpc) is 2.63.